The third-order valence-corrected chi connectivity index (χ3v) is 2.19. The first-order valence-corrected chi connectivity index (χ1v) is 4.90. The normalized spacial score (nSPS) is 9.92. The summed E-state index contributed by atoms with van der Waals surface area (Å²) in [4.78, 5) is 25.1. The van der Waals surface area contributed by atoms with Crippen molar-refractivity contribution >= 4 is 11.8 Å². The van der Waals surface area contributed by atoms with Crippen LogP contribution < -0.4 is 11.2 Å². The molecule has 1 rings (SSSR count). The predicted molar refractivity (Wildman–Crippen MR) is 53.3 cm³/mol. The Bertz CT molecular complexity index is 388. The Kier molecular flexibility index (Phi) is 3.13. The van der Waals surface area contributed by atoms with Gasteiger partial charge in [0.1, 0.15) is 0 Å². The highest BCUT2D eigenvalue weighted by Gasteiger charge is 2.00. The Morgan fingerprint density at radius 1 is 1.69 bits per heavy atom. The number of thioether (sulfide) groups is 1. The van der Waals surface area contributed by atoms with Crippen LogP contribution in [-0.2, 0) is 6.54 Å². The molecule has 0 aliphatic heterocycles. The molecule has 0 aliphatic carbocycles. The summed E-state index contributed by atoms with van der Waals surface area (Å²) in [5, 5.41) is 0.579. The van der Waals surface area contributed by atoms with Gasteiger partial charge in [0, 0.05) is 12.6 Å². The van der Waals surface area contributed by atoms with Crippen molar-refractivity contribution < 1.29 is 0 Å². The van der Waals surface area contributed by atoms with Crippen molar-refractivity contribution in [2.75, 3.05) is 6.26 Å². The van der Waals surface area contributed by atoms with Gasteiger partial charge in [0.15, 0.2) is 0 Å². The van der Waals surface area contributed by atoms with Crippen molar-refractivity contribution in [1.29, 1.82) is 0 Å². The average molecular weight is 198 g/mol. The highest BCUT2D eigenvalue weighted by molar-refractivity contribution is 7.98. The summed E-state index contributed by atoms with van der Waals surface area (Å²) in [5.74, 6) is 0. The molecule has 1 aromatic rings. The Hall–Kier alpha value is -1.23. The maximum atomic E-state index is 11.3. The first-order valence-electron chi connectivity index (χ1n) is 3.68. The average Bonchev–Trinajstić information content (AvgIpc) is 2.11. The van der Waals surface area contributed by atoms with Crippen molar-refractivity contribution in [1.82, 2.24) is 9.55 Å². The molecule has 0 radical (unpaired) electrons. The summed E-state index contributed by atoms with van der Waals surface area (Å²) in [6, 6.07) is 1.40. The summed E-state index contributed by atoms with van der Waals surface area (Å²) in [7, 11) is 0. The number of H-pyrrole nitrogens is 1. The van der Waals surface area contributed by atoms with Crippen LogP contribution in [0.25, 0.3) is 0 Å². The zero-order valence-corrected chi connectivity index (χ0v) is 8.06. The fourth-order valence-electron chi connectivity index (χ4n) is 0.911. The van der Waals surface area contributed by atoms with Gasteiger partial charge in [-0.15, -0.1) is 18.3 Å². The van der Waals surface area contributed by atoms with E-state index < -0.39 is 5.69 Å². The van der Waals surface area contributed by atoms with Crippen LogP contribution in [0, 0.1) is 0 Å². The highest BCUT2D eigenvalue weighted by atomic mass is 32.2. The first-order chi connectivity index (χ1) is 6.19. The Labute approximate surface area is 79.3 Å². The molecular formula is C8H10N2O2S. The second kappa shape index (κ2) is 4.13. The van der Waals surface area contributed by atoms with Crippen molar-refractivity contribution in [2.45, 2.75) is 11.6 Å². The first kappa shape index (κ1) is 9.85. The van der Waals surface area contributed by atoms with E-state index in [1.165, 1.54) is 23.9 Å². The van der Waals surface area contributed by atoms with Gasteiger partial charge in [0.05, 0.1) is 5.03 Å². The molecular weight excluding hydrogens is 188 g/mol. The lowest BCUT2D eigenvalue weighted by atomic mass is 10.5. The molecule has 5 heteroatoms. The fourth-order valence-corrected chi connectivity index (χ4v) is 1.32. The van der Waals surface area contributed by atoms with Gasteiger partial charge >= 0.3 is 5.69 Å². The van der Waals surface area contributed by atoms with E-state index in [1.807, 2.05) is 0 Å². The standard InChI is InChI=1S/C8H10N2O2S/c1-3-4-10-7(11)5-6(13-2)9-8(10)12/h3,5H,1,4H2,2H3,(H,9,12). The number of aromatic amines is 1. The smallest absolute Gasteiger partial charge is 0.302 e. The molecule has 0 saturated heterocycles. The van der Waals surface area contributed by atoms with Crippen LogP contribution in [0.5, 0.6) is 0 Å². The SMILES string of the molecule is C=CCn1c(=O)cc(SC)[nH]c1=O. The number of nitrogens with zero attached hydrogens (tertiary/aromatic N) is 1. The molecule has 0 atom stereocenters. The lowest BCUT2D eigenvalue weighted by Gasteiger charge is -2.00. The Morgan fingerprint density at radius 3 is 2.85 bits per heavy atom. The van der Waals surface area contributed by atoms with Gasteiger partial charge in [-0.1, -0.05) is 6.08 Å². The minimum Gasteiger partial charge on any atom is -0.302 e. The van der Waals surface area contributed by atoms with Crippen LogP contribution in [0.3, 0.4) is 0 Å². The van der Waals surface area contributed by atoms with Gasteiger partial charge in [-0.3, -0.25) is 9.36 Å². The van der Waals surface area contributed by atoms with Gasteiger partial charge in [-0.05, 0) is 6.26 Å². The van der Waals surface area contributed by atoms with Gasteiger partial charge in [0.25, 0.3) is 5.56 Å². The molecule has 0 aromatic carbocycles. The van der Waals surface area contributed by atoms with Crippen molar-refractivity contribution in [3.05, 3.63) is 39.6 Å². The van der Waals surface area contributed by atoms with Crippen LogP contribution in [0.15, 0.2) is 33.3 Å². The molecule has 0 bridgehead atoms. The number of allylic oxidation sites excluding steroid dienone is 1. The van der Waals surface area contributed by atoms with E-state index >= 15 is 0 Å². The third-order valence-electron chi connectivity index (χ3n) is 1.53. The molecule has 1 heterocycles. The molecule has 0 saturated carbocycles. The zero-order valence-electron chi connectivity index (χ0n) is 7.24. The molecule has 70 valence electrons. The van der Waals surface area contributed by atoms with E-state index in [-0.39, 0.29) is 12.1 Å². The minimum absolute atomic E-state index is 0.239. The summed E-state index contributed by atoms with van der Waals surface area (Å²) in [6.45, 7) is 3.70. The molecule has 0 fully saturated rings. The van der Waals surface area contributed by atoms with Crippen LogP contribution in [-0.4, -0.2) is 15.8 Å². The van der Waals surface area contributed by atoms with Gasteiger partial charge in [0.2, 0.25) is 0 Å². The minimum atomic E-state index is -0.392. The van der Waals surface area contributed by atoms with E-state index in [4.69, 9.17) is 0 Å². The summed E-state index contributed by atoms with van der Waals surface area (Å²) < 4.78 is 1.09. The molecule has 1 N–H and O–H groups in total. The van der Waals surface area contributed by atoms with E-state index in [0.717, 1.165) is 4.57 Å². The second-order valence-corrected chi connectivity index (χ2v) is 3.23. The summed E-state index contributed by atoms with van der Waals surface area (Å²) >= 11 is 1.33. The Balaban J connectivity index is 3.31. The monoisotopic (exact) mass is 198 g/mol. The molecule has 4 nitrogen and oxygen atoms in total. The van der Waals surface area contributed by atoms with E-state index in [2.05, 4.69) is 11.6 Å². The summed E-state index contributed by atoms with van der Waals surface area (Å²) in [6.07, 6.45) is 3.30. The van der Waals surface area contributed by atoms with Crippen molar-refractivity contribution in [3.63, 3.8) is 0 Å². The lowest BCUT2D eigenvalue weighted by molar-refractivity contribution is 0.695. The molecule has 0 unspecified atom stereocenters. The topological polar surface area (TPSA) is 54.9 Å². The van der Waals surface area contributed by atoms with Gasteiger partial charge < -0.3 is 4.98 Å². The number of nitrogens with one attached hydrogen (secondary N) is 1. The lowest BCUT2D eigenvalue weighted by Crippen LogP contribution is -2.34. The molecule has 13 heavy (non-hydrogen) atoms. The fraction of sp³-hybridized carbons (Fsp3) is 0.250. The number of hydrogen-bond acceptors (Lipinski definition) is 3. The van der Waals surface area contributed by atoms with Crippen molar-refractivity contribution in [3.8, 4) is 0 Å². The number of rotatable bonds is 3. The van der Waals surface area contributed by atoms with Gasteiger partial charge in [-0.25, -0.2) is 4.79 Å². The quantitative estimate of drug-likeness (QED) is 0.435. The molecule has 0 amide bonds. The number of aromatic nitrogens is 2. The predicted octanol–water partition coefficient (Wildman–Crippen LogP) is 0.444. The van der Waals surface area contributed by atoms with Crippen LogP contribution in [0.4, 0.5) is 0 Å². The van der Waals surface area contributed by atoms with Gasteiger partial charge in [-0.2, -0.15) is 0 Å². The number of hydrogen-bond donors (Lipinski definition) is 1. The van der Waals surface area contributed by atoms with Crippen LogP contribution in [0.1, 0.15) is 0 Å². The zero-order chi connectivity index (χ0) is 9.84. The largest absolute Gasteiger partial charge is 0.329 e. The molecule has 1 aromatic heterocycles. The van der Waals surface area contributed by atoms with E-state index in [1.54, 1.807) is 6.26 Å². The Morgan fingerprint density at radius 2 is 2.38 bits per heavy atom. The molecule has 0 spiro atoms. The van der Waals surface area contributed by atoms with E-state index in [9.17, 15) is 9.59 Å². The second-order valence-electron chi connectivity index (χ2n) is 2.38. The van der Waals surface area contributed by atoms with Crippen LogP contribution >= 0.6 is 11.8 Å². The molecule has 0 aliphatic rings. The third kappa shape index (κ3) is 2.12. The maximum absolute atomic E-state index is 11.3. The van der Waals surface area contributed by atoms with Crippen LogP contribution in [0.2, 0.25) is 0 Å². The van der Waals surface area contributed by atoms with E-state index in [0.29, 0.717) is 5.03 Å². The highest BCUT2D eigenvalue weighted by Crippen LogP contribution is 2.04. The maximum Gasteiger partial charge on any atom is 0.329 e. The summed E-state index contributed by atoms with van der Waals surface area (Å²) in [5.41, 5.74) is -0.690. The van der Waals surface area contributed by atoms with Crippen molar-refractivity contribution in [2.24, 2.45) is 0 Å².